The average Bonchev–Trinajstić information content (AvgIpc) is 2.95. The maximum atomic E-state index is 10.2. The van der Waals surface area contributed by atoms with E-state index in [-0.39, 0.29) is 0 Å². The number of anilines is 2. The highest BCUT2D eigenvalue weighted by Crippen LogP contribution is 2.18. The maximum Gasteiger partial charge on any atom is 0.213 e. The number of aryl methyl sites for hydroxylation is 2. The number of unbranched alkanes of at least 4 members (excludes halogenated alkanes) is 1. The molecule has 2 heterocycles. The number of aromatic nitrogens is 4. The van der Waals surface area contributed by atoms with Crippen molar-refractivity contribution in [1.29, 1.82) is 0 Å². The van der Waals surface area contributed by atoms with Gasteiger partial charge in [-0.2, -0.15) is 0 Å². The van der Waals surface area contributed by atoms with Gasteiger partial charge in [-0.25, -0.2) is 0 Å². The van der Waals surface area contributed by atoms with Crippen molar-refractivity contribution in [3.63, 3.8) is 0 Å². The van der Waals surface area contributed by atoms with Gasteiger partial charge < -0.3 is 11.1 Å². The van der Waals surface area contributed by atoms with E-state index in [9.17, 15) is 4.79 Å². The van der Waals surface area contributed by atoms with Gasteiger partial charge in [-0.3, -0.25) is 4.79 Å². The van der Waals surface area contributed by atoms with E-state index in [0.717, 1.165) is 35.7 Å². The van der Waals surface area contributed by atoms with Crippen LogP contribution in [0.25, 0.3) is 0 Å². The molecule has 0 saturated heterocycles. The fraction of sp³-hybridized carbons (Fsp3) is 0.444. The molecule has 3 N–H and O–H groups in total. The van der Waals surface area contributed by atoms with E-state index in [0.29, 0.717) is 16.7 Å². The molecule has 1 amide bonds. The molecule has 0 spiro atoms. The second-order valence-electron chi connectivity index (χ2n) is 3.50. The number of nitrogen functional groups attached to an aromatic ring is 1. The summed E-state index contributed by atoms with van der Waals surface area (Å²) in [5.74, 6) is 0. The van der Waals surface area contributed by atoms with Crippen molar-refractivity contribution >= 4 is 39.3 Å². The first kappa shape index (κ1) is 12.8. The van der Waals surface area contributed by atoms with Crippen molar-refractivity contribution < 1.29 is 4.79 Å². The van der Waals surface area contributed by atoms with E-state index in [1.807, 2.05) is 0 Å². The van der Waals surface area contributed by atoms with E-state index in [1.54, 1.807) is 0 Å². The van der Waals surface area contributed by atoms with Gasteiger partial charge in [0, 0.05) is 12.8 Å². The van der Waals surface area contributed by atoms with Gasteiger partial charge in [0.25, 0.3) is 0 Å². The summed E-state index contributed by atoms with van der Waals surface area (Å²) >= 11 is 2.82. The molecule has 0 aliphatic heterocycles. The van der Waals surface area contributed by atoms with Crippen molar-refractivity contribution in [2.24, 2.45) is 0 Å². The minimum Gasteiger partial charge on any atom is -0.374 e. The van der Waals surface area contributed by atoms with Gasteiger partial charge in [-0.15, -0.1) is 20.4 Å². The SMILES string of the molecule is Nc1nnc(CCCCc2nnc(NC=O)s2)s1. The van der Waals surface area contributed by atoms with Gasteiger partial charge >= 0.3 is 0 Å². The highest BCUT2D eigenvalue weighted by molar-refractivity contribution is 7.15. The molecule has 0 aromatic carbocycles. The van der Waals surface area contributed by atoms with Crippen molar-refractivity contribution in [2.75, 3.05) is 11.1 Å². The van der Waals surface area contributed by atoms with Crippen LogP contribution in [0.4, 0.5) is 10.3 Å². The number of carbonyl (C=O) groups is 1. The summed E-state index contributed by atoms with van der Waals surface area (Å²) in [4.78, 5) is 10.2. The Hall–Kier alpha value is -1.61. The standard InChI is InChI=1S/C9H12N6OS2/c10-8-14-12-6(17-8)3-1-2-4-7-13-15-9(18-7)11-5-16/h5H,1-4H2,(H2,10,14)(H,11,15,16). The van der Waals surface area contributed by atoms with Gasteiger partial charge in [0.2, 0.25) is 16.7 Å². The summed E-state index contributed by atoms with van der Waals surface area (Å²) in [6.45, 7) is 0. The van der Waals surface area contributed by atoms with Crippen LogP contribution in [0, 0.1) is 0 Å². The number of nitrogens with one attached hydrogen (secondary N) is 1. The molecule has 96 valence electrons. The van der Waals surface area contributed by atoms with E-state index in [2.05, 4.69) is 25.7 Å². The van der Waals surface area contributed by atoms with Crippen molar-refractivity contribution in [3.8, 4) is 0 Å². The third kappa shape index (κ3) is 3.70. The zero-order valence-electron chi connectivity index (χ0n) is 9.50. The lowest BCUT2D eigenvalue weighted by molar-refractivity contribution is -0.105. The summed E-state index contributed by atoms with van der Waals surface area (Å²) in [5, 5.41) is 21.0. The van der Waals surface area contributed by atoms with Crippen LogP contribution in [0.3, 0.4) is 0 Å². The molecular weight excluding hydrogens is 272 g/mol. The zero-order chi connectivity index (χ0) is 12.8. The second kappa shape index (κ2) is 6.36. The molecule has 0 aliphatic rings. The molecular formula is C9H12N6OS2. The topological polar surface area (TPSA) is 107 Å². The summed E-state index contributed by atoms with van der Waals surface area (Å²) in [5.41, 5.74) is 5.50. The molecule has 2 rings (SSSR count). The van der Waals surface area contributed by atoms with Crippen LogP contribution in [-0.4, -0.2) is 26.8 Å². The number of nitrogens with zero attached hydrogens (tertiary/aromatic N) is 4. The smallest absolute Gasteiger partial charge is 0.213 e. The fourth-order valence-corrected chi connectivity index (χ4v) is 2.77. The van der Waals surface area contributed by atoms with Gasteiger partial charge in [0.15, 0.2) is 0 Å². The van der Waals surface area contributed by atoms with Crippen LogP contribution < -0.4 is 11.1 Å². The molecule has 18 heavy (non-hydrogen) atoms. The van der Waals surface area contributed by atoms with Crippen LogP contribution in [-0.2, 0) is 17.6 Å². The summed E-state index contributed by atoms with van der Waals surface area (Å²) in [6.07, 6.45) is 4.34. The Bertz CT molecular complexity index is 511. The summed E-state index contributed by atoms with van der Waals surface area (Å²) in [6, 6.07) is 0. The highest BCUT2D eigenvalue weighted by Gasteiger charge is 2.04. The molecule has 2 aromatic rings. The number of amides is 1. The molecule has 0 atom stereocenters. The Labute approximate surface area is 111 Å². The van der Waals surface area contributed by atoms with E-state index in [1.165, 1.54) is 22.7 Å². The third-order valence-electron chi connectivity index (χ3n) is 2.16. The quantitative estimate of drug-likeness (QED) is 0.582. The molecule has 0 radical (unpaired) electrons. The van der Waals surface area contributed by atoms with Crippen molar-refractivity contribution in [3.05, 3.63) is 10.0 Å². The lowest BCUT2D eigenvalue weighted by atomic mass is 10.2. The van der Waals surface area contributed by atoms with Gasteiger partial charge in [-0.1, -0.05) is 22.7 Å². The number of carbonyl (C=O) groups excluding carboxylic acids is 1. The molecule has 2 aromatic heterocycles. The number of hydrogen-bond donors (Lipinski definition) is 2. The Morgan fingerprint density at radius 2 is 1.72 bits per heavy atom. The predicted molar refractivity (Wildman–Crippen MR) is 70.6 cm³/mol. The first-order valence-electron chi connectivity index (χ1n) is 5.38. The van der Waals surface area contributed by atoms with E-state index in [4.69, 9.17) is 5.73 Å². The predicted octanol–water partition coefficient (Wildman–Crippen LogP) is 1.11. The molecule has 9 heteroatoms. The number of hydrogen-bond acceptors (Lipinski definition) is 8. The van der Waals surface area contributed by atoms with Crippen LogP contribution in [0.5, 0.6) is 0 Å². The van der Waals surface area contributed by atoms with Gasteiger partial charge in [-0.05, 0) is 12.8 Å². The zero-order valence-corrected chi connectivity index (χ0v) is 11.1. The number of nitrogens with two attached hydrogens (primary N) is 1. The van der Waals surface area contributed by atoms with E-state index < -0.39 is 0 Å². The van der Waals surface area contributed by atoms with Crippen molar-refractivity contribution in [2.45, 2.75) is 25.7 Å². The molecule has 7 nitrogen and oxygen atoms in total. The summed E-state index contributed by atoms with van der Waals surface area (Å²) in [7, 11) is 0. The van der Waals surface area contributed by atoms with E-state index >= 15 is 0 Å². The average molecular weight is 284 g/mol. The maximum absolute atomic E-state index is 10.2. The van der Waals surface area contributed by atoms with Gasteiger partial charge in [0.1, 0.15) is 10.0 Å². The Balaban J connectivity index is 1.69. The minimum atomic E-state index is 0.513. The van der Waals surface area contributed by atoms with Crippen LogP contribution in [0.15, 0.2) is 0 Å². The lowest BCUT2D eigenvalue weighted by Crippen LogP contribution is -1.91. The first-order chi connectivity index (χ1) is 8.78. The fourth-order valence-electron chi connectivity index (χ4n) is 1.38. The Morgan fingerprint density at radius 1 is 1.06 bits per heavy atom. The third-order valence-corrected chi connectivity index (χ3v) is 3.89. The van der Waals surface area contributed by atoms with Crippen LogP contribution >= 0.6 is 22.7 Å². The Morgan fingerprint density at radius 3 is 2.33 bits per heavy atom. The normalized spacial score (nSPS) is 10.4. The molecule has 0 saturated carbocycles. The minimum absolute atomic E-state index is 0.513. The molecule has 0 bridgehead atoms. The molecule has 0 fully saturated rings. The van der Waals surface area contributed by atoms with Crippen LogP contribution in [0.1, 0.15) is 22.9 Å². The lowest BCUT2D eigenvalue weighted by Gasteiger charge is -1.94. The molecule has 0 aliphatic carbocycles. The van der Waals surface area contributed by atoms with Gasteiger partial charge in [0.05, 0.1) is 0 Å². The first-order valence-corrected chi connectivity index (χ1v) is 7.01. The monoisotopic (exact) mass is 284 g/mol. The second-order valence-corrected chi connectivity index (χ2v) is 5.66. The van der Waals surface area contributed by atoms with Crippen LogP contribution in [0.2, 0.25) is 0 Å². The van der Waals surface area contributed by atoms with Crippen molar-refractivity contribution in [1.82, 2.24) is 20.4 Å². The Kier molecular flexibility index (Phi) is 4.53. The largest absolute Gasteiger partial charge is 0.374 e. The highest BCUT2D eigenvalue weighted by atomic mass is 32.1. The summed E-state index contributed by atoms with van der Waals surface area (Å²) < 4.78 is 0. The molecule has 0 unspecified atom stereocenters. The number of rotatable bonds is 7.